The van der Waals surface area contributed by atoms with E-state index in [9.17, 15) is 25.1 Å². The zero-order valence-electron chi connectivity index (χ0n) is 10.7. The molecule has 0 fully saturated rings. The van der Waals surface area contributed by atoms with Gasteiger partial charge in [0.25, 0.3) is 5.69 Å². The highest BCUT2D eigenvalue weighted by molar-refractivity contribution is 6.18. The van der Waals surface area contributed by atoms with E-state index in [4.69, 9.17) is 16.3 Å². The third kappa shape index (κ3) is 3.66. The molecule has 1 aromatic carbocycles. The molecule has 8 heteroatoms. The van der Waals surface area contributed by atoms with E-state index >= 15 is 0 Å². The van der Waals surface area contributed by atoms with Crippen LogP contribution in [0.2, 0.25) is 0 Å². The smallest absolute Gasteiger partial charge is 0.338 e. The number of hydrogen-bond donors (Lipinski definition) is 2. The van der Waals surface area contributed by atoms with Crippen LogP contribution >= 0.6 is 11.6 Å². The second-order valence-electron chi connectivity index (χ2n) is 3.92. The van der Waals surface area contributed by atoms with E-state index in [2.05, 4.69) is 0 Å². The summed E-state index contributed by atoms with van der Waals surface area (Å²) in [6.07, 6.45) is -2.85. The predicted molar refractivity (Wildman–Crippen MR) is 70.7 cm³/mol. The van der Waals surface area contributed by atoms with Crippen LogP contribution in [0.25, 0.3) is 0 Å². The van der Waals surface area contributed by atoms with Gasteiger partial charge in [-0.2, -0.15) is 0 Å². The monoisotopic (exact) mass is 303 g/mol. The van der Waals surface area contributed by atoms with Crippen molar-refractivity contribution in [3.63, 3.8) is 0 Å². The van der Waals surface area contributed by atoms with E-state index in [0.29, 0.717) is 0 Å². The van der Waals surface area contributed by atoms with Crippen LogP contribution in [0.5, 0.6) is 0 Å². The summed E-state index contributed by atoms with van der Waals surface area (Å²) in [5.74, 6) is -0.979. The summed E-state index contributed by atoms with van der Waals surface area (Å²) in [6, 6.07) is 3.48. The first-order valence-corrected chi connectivity index (χ1v) is 6.33. The summed E-state index contributed by atoms with van der Waals surface area (Å²) in [5, 5.41) is 30.2. The Balaban J connectivity index is 3.21. The molecule has 2 atom stereocenters. The summed E-state index contributed by atoms with van der Waals surface area (Å²) in [7, 11) is 0. The third-order valence-electron chi connectivity index (χ3n) is 2.58. The Morgan fingerprint density at radius 1 is 1.50 bits per heavy atom. The van der Waals surface area contributed by atoms with Crippen molar-refractivity contribution in [3.8, 4) is 0 Å². The minimum atomic E-state index is -1.51. The fraction of sp³-hybridized carbons (Fsp3) is 0.417. The SMILES string of the molecule is CCOC(=O)c1ccc(C(O)C(O)CCl)c([N+](=O)[O-])c1. The number of ether oxygens (including phenoxy) is 1. The van der Waals surface area contributed by atoms with Crippen LogP contribution in [0, 0.1) is 10.1 Å². The summed E-state index contributed by atoms with van der Waals surface area (Å²) in [4.78, 5) is 21.8. The van der Waals surface area contributed by atoms with Crippen LogP contribution < -0.4 is 0 Å². The van der Waals surface area contributed by atoms with Gasteiger partial charge in [-0.1, -0.05) is 0 Å². The van der Waals surface area contributed by atoms with Crippen molar-refractivity contribution in [2.45, 2.75) is 19.1 Å². The molecule has 1 aromatic rings. The molecular weight excluding hydrogens is 290 g/mol. The number of halogens is 1. The molecule has 7 nitrogen and oxygen atoms in total. The lowest BCUT2D eigenvalue weighted by Gasteiger charge is -2.16. The van der Waals surface area contributed by atoms with Gasteiger partial charge in [-0.25, -0.2) is 4.79 Å². The molecule has 0 heterocycles. The summed E-state index contributed by atoms with van der Waals surface area (Å²) >= 11 is 5.40. The average molecular weight is 304 g/mol. The molecule has 2 unspecified atom stereocenters. The predicted octanol–water partition coefficient (Wildman–Crippen LogP) is 1.40. The average Bonchev–Trinajstić information content (AvgIpc) is 2.45. The molecule has 0 spiro atoms. The van der Waals surface area contributed by atoms with Crippen molar-refractivity contribution in [2.75, 3.05) is 12.5 Å². The lowest BCUT2D eigenvalue weighted by atomic mass is 10.0. The Kier molecular flexibility index (Phi) is 5.87. The third-order valence-corrected chi connectivity index (χ3v) is 2.90. The van der Waals surface area contributed by atoms with Crippen molar-refractivity contribution in [2.24, 2.45) is 0 Å². The number of aliphatic hydroxyl groups excluding tert-OH is 2. The van der Waals surface area contributed by atoms with Crippen LogP contribution in [0.15, 0.2) is 18.2 Å². The van der Waals surface area contributed by atoms with Crippen LogP contribution in [-0.4, -0.2) is 39.7 Å². The highest BCUT2D eigenvalue weighted by Crippen LogP contribution is 2.29. The molecule has 0 saturated heterocycles. The molecule has 2 N–H and O–H groups in total. The van der Waals surface area contributed by atoms with Gasteiger partial charge >= 0.3 is 5.97 Å². The number of carbonyl (C=O) groups is 1. The number of nitro benzene ring substituents is 1. The van der Waals surface area contributed by atoms with Crippen LogP contribution in [-0.2, 0) is 4.74 Å². The number of alkyl halides is 1. The first-order valence-electron chi connectivity index (χ1n) is 5.79. The lowest BCUT2D eigenvalue weighted by molar-refractivity contribution is -0.386. The Hall–Kier alpha value is -1.70. The first-order chi connectivity index (χ1) is 9.42. The number of carbonyl (C=O) groups excluding carboxylic acids is 1. The van der Waals surface area contributed by atoms with Crippen molar-refractivity contribution in [1.82, 2.24) is 0 Å². The molecule has 0 aliphatic heterocycles. The number of hydrogen-bond acceptors (Lipinski definition) is 6. The zero-order valence-corrected chi connectivity index (χ0v) is 11.4. The number of aliphatic hydroxyl groups is 2. The van der Waals surface area contributed by atoms with E-state index in [-0.39, 0.29) is 23.6 Å². The summed E-state index contributed by atoms with van der Waals surface area (Å²) in [5.41, 5.74) is -0.599. The van der Waals surface area contributed by atoms with Crippen molar-refractivity contribution in [3.05, 3.63) is 39.4 Å². The lowest BCUT2D eigenvalue weighted by Crippen LogP contribution is -2.21. The van der Waals surface area contributed by atoms with Crippen LogP contribution in [0.4, 0.5) is 5.69 Å². The second kappa shape index (κ2) is 7.18. The van der Waals surface area contributed by atoms with E-state index < -0.39 is 28.8 Å². The number of esters is 1. The maximum atomic E-state index is 11.5. The fourth-order valence-corrected chi connectivity index (χ4v) is 1.75. The second-order valence-corrected chi connectivity index (χ2v) is 4.23. The van der Waals surface area contributed by atoms with Crippen molar-refractivity contribution in [1.29, 1.82) is 0 Å². The fourth-order valence-electron chi connectivity index (χ4n) is 1.58. The summed E-state index contributed by atoms with van der Waals surface area (Å²) < 4.78 is 4.74. The zero-order chi connectivity index (χ0) is 15.3. The van der Waals surface area contributed by atoms with Gasteiger partial charge in [0, 0.05) is 6.07 Å². The molecule has 110 valence electrons. The summed E-state index contributed by atoms with van der Waals surface area (Å²) in [6.45, 7) is 1.75. The van der Waals surface area contributed by atoms with Gasteiger partial charge in [-0.3, -0.25) is 10.1 Å². The molecule has 0 radical (unpaired) electrons. The molecule has 0 aromatic heterocycles. The van der Waals surface area contributed by atoms with Gasteiger partial charge in [0.1, 0.15) is 6.10 Å². The molecule has 20 heavy (non-hydrogen) atoms. The topological polar surface area (TPSA) is 110 Å². The van der Waals surface area contributed by atoms with Gasteiger partial charge < -0.3 is 14.9 Å². The first kappa shape index (κ1) is 16.4. The molecule has 0 aliphatic carbocycles. The Bertz CT molecular complexity index is 507. The molecule has 0 saturated carbocycles. The molecule has 0 aliphatic rings. The van der Waals surface area contributed by atoms with E-state index in [1.54, 1.807) is 6.92 Å². The number of nitro groups is 1. The Labute approximate surface area is 119 Å². The van der Waals surface area contributed by atoms with E-state index in [1.807, 2.05) is 0 Å². The normalized spacial score (nSPS) is 13.6. The molecule has 0 bridgehead atoms. The largest absolute Gasteiger partial charge is 0.462 e. The number of nitrogens with zero attached hydrogens (tertiary/aromatic N) is 1. The van der Waals surface area contributed by atoms with Crippen LogP contribution in [0.1, 0.15) is 28.9 Å². The van der Waals surface area contributed by atoms with Gasteiger partial charge in [0.15, 0.2) is 0 Å². The van der Waals surface area contributed by atoms with Gasteiger partial charge in [0.2, 0.25) is 0 Å². The molecule has 1 rings (SSSR count). The maximum Gasteiger partial charge on any atom is 0.338 e. The van der Waals surface area contributed by atoms with Crippen LogP contribution in [0.3, 0.4) is 0 Å². The van der Waals surface area contributed by atoms with Crippen molar-refractivity contribution >= 4 is 23.3 Å². The Morgan fingerprint density at radius 2 is 2.15 bits per heavy atom. The minimum absolute atomic E-state index is 0.00476. The van der Waals surface area contributed by atoms with E-state index in [0.717, 1.165) is 6.07 Å². The molecular formula is C12H14ClNO6. The Morgan fingerprint density at radius 3 is 2.65 bits per heavy atom. The number of rotatable bonds is 6. The molecule has 0 amide bonds. The maximum absolute atomic E-state index is 11.5. The minimum Gasteiger partial charge on any atom is -0.462 e. The van der Waals surface area contributed by atoms with Crippen molar-refractivity contribution < 1.29 is 24.7 Å². The number of benzene rings is 1. The van der Waals surface area contributed by atoms with Gasteiger partial charge in [-0.15, -0.1) is 11.6 Å². The highest BCUT2D eigenvalue weighted by atomic mass is 35.5. The van der Waals surface area contributed by atoms with Gasteiger partial charge in [-0.05, 0) is 19.1 Å². The highest BCUT2D eigenvalue weighted by Gasteiger charge is 2.27. The standard InChI is InChI=1S/C12H14ClNO6/c1-2-20-12(17)7-3-4-8(9(5-7)14(18)19)11(16)10(15)6-13/h3-5,10-11,15-16H,2,6H2,1H3. The van der Waals surface area contributed by atoms with E-state index in [1.165, 1.54) is 12.1 Å². The quantitative estimate of drug-likeness (QED) is 0.356. The van der Waals surface area contributed by atoms with Gasteiger partial charge in [0.05, 0.1) is 34.6 Å².